The Morgan fingerprint density at radius 2 is 2.06 bits per heavy atom. The highest BCUT2D eigenvalue weighted by atomic mass is 35.5. The number of anilines is 1. The lowest BCUT2D eigenvalue weighted by Crippen LogP contribution is -2.54. The predicted octanol–water partition coefficient (Wildman–Crippen LogP) is 4.54. The van der Waals surface area contributed by atoms with Crippen molar-refractivity contribution in [2.75, 3.05) is 11.9 Å². The number of hydrogen-bond donors (Lipinski definition) is 2. The second kappa shape index (κ2) is 7.91. The number of carbonyl (C=O) groups is 3. The molecule has 31 heavy (non-hydrogen) atoms. The number of halogens is 1. The monoisotopic (exact) mass is 460 g/mol. The minimum absolute atomic E-state index is 0.0606. The molecule has 1 aromatic heterocycles. The number of amides is 4. The van der Waals surface area contributed by atoms with Gasteiger partial charge in [0.05, 0.1) is 5.69 Å². The van der Waals surface area contributed by atoms with Crippen LogP contribution in [0.3, 0.4) is 0 Å². The van der Waals surface area contributed by atoms with Gasteiger partial charge in [-0.3, -0.25) is 14.5 Å². The molecule has 1 aliphatic heterocycles. The number of imide groups is 1. The molecule has 1 saturated carbocycles. The number of thiazole rings is 1. The van der Waals surface area contributed by atoms with Crippen LogP contribution in [0.25, 0.3) is 11.3 Å². The average molecular weight is 461 g/mol. The number of hydrogen-bond acceptors (Lipinski definition) is 5. The van der Waals surface area contributed by atoms with Gasteiger partial charge < -0.3 is 10.6 Å². The molecule has 2 aliphatic rings. The van der Waals surface area contributed by atoms with Crippen LogP contribution in [0.15, 0.2) is 29.6 Å². The molecule has 2 N–H and O–H groups in total. The molecule has 1 spiro atoms. The van der Waals surface area contributed by atoms with Crippen molar-refractivity contribution in [3.63, 3.8) is 0 Å². The first-order valence-electron chi connectivity index (χ1n) is 10.2. The molecule has 2 aromatic rings. The molecule has 4 rings (SSSR count). The van der Waals surface area contributed by atoms with Gasteiger partial charge in [0.1, 0.15) is 12.1 Å². The van der Waals surface area contributed by atoms with Crippen molar-refractivity contribution in [2.24, 2.45) is 11.3 Å². The number of urea groups is 1. The highest BCUT2D eigenvalue weighted by Crippen LogP contribution is 2.46. The Hall–Kier alpha value is -2.45. The molecule has 2 unspecified atom stereocenters. The maximum absolute atomic E-state index is 13.2. The van der Waals surface area contributed by atoms with Gasteiger partial charge in [0, 0.05) is 16.0 Å². The van der Waals surface area contributed by atoms with Gasteiger partial charge >= 0.3 is 6.03 Å². The van der Waals surface area contributed by atoms with E-state index in [-0.39, 0.29) is 17.9 Å². The molecule has 1 aliphatic carbocycles. The van der Waals surface area contributed by atoms with E-state index in [1.807, 2.05) is 18.2 Å². The van der Waals surface area contributed by atoms with Crippen LogP contribution in [-0.2, 0) is 9.59 Å². The van der Waals surface area contributed by atoms with Crippen molar-refractivity contribution >= 4 is 45.9 Å². The zero-order valence-corrected chi connectivity index (χ0v) is 19.3. The molecule has 164 valence electrons. The third-order valence-corrected chi connectivity index (χ3v) is 6.91. The molecule has 2 atom stereocenters. The summed E-state index contributed by atoms with van der Waals surface area (Å²) in [5, 5.41) is 8.32. The number of rotatable bonds is 4. The summed E-state index contributed by atoms with van der Waals surface area (Å²) in [6, 6.07) is 6.80. The largest absolute Gasteiger partial charge is 0.325 e. The fourth-order valence-corrected chi connectivity index (χ4v) is 6.04. The van der Waals surface area contributed by atoms with Gasteiger partial charge in [-0.1, -0.05) is 50.6 Å². The van der Waals surface area contributed by atoms with Gasteiger partial charge in [0.2, 0.25) is 5.91 Å². The summed E-state index contributed by atoms with van der Waals surface area (Å²) >= 11 is 7.47. The average Bonchev–Trinajstić information content (AvgIpc) is 3.19. The fraction of sp³-hybridized carbons (Fsp3) is 0.455. The summed E-state index contributed by atoms with van der Waals surface area (Å²) < 4.78 is 0. The quantitative estimate of drug-likeness (QED) is 0.655. The summed E-state index contributed by atoms with van der Waals surface area (Å²) in [7, 11) is 0. The molecule has 4 amide bonds. The summed E-state index contributed by atoms with van der Waals surface area (Å²) in [6.45, 7) is 5.97. The van der Waals surface area contributed by atoms with E-state index >= 15 is 0 Å². The normalized spacial score (nSPS) is 25.0. The Morgan fingerprint density at radius 1 is 1.32 bits per heavy atom. The lowest BCUT2D eigenvalue weighted by atomic mass is 9.64. The van der Waals surface area contributed by atoms with Crippen LogP contribution in [0.1, 0.15) is 40.0 Å². The van der Waals surface area contributed by atoms with Gasteiger partial charge in [-0.2, -0.15) is 0 Å². The lowest BCUT2D eigenvalue weighted by Gasteiger charge is -2.43. The molecule has 0 bridgehead atoms. The Kier molecular flexibility index (Phi) is 5.55. The molecule has 2 heterocycles. The smallest absolute Gasteiger partial charge is 0.323 e. The minimum Gasteiger partial charge on any atom is -0.323 e. The second-order valence-corrected chi connectivity index (χ2v) is 10.6. The molecule has 2 fully saturated rings. The SMILES string of the molecule is CC1CC(C)(C)CC2(C1)NC(=O)N(CC(=O)Nc1nc(-c3ccccc3Cl)cs1)C2=O. The van der Waals surface area contributed by atoms with Gasteiger partial charge in [-0.15, -0.1) is 11.3 Å². The molecule has 9 heteroatoms. The van der Waals surface area contributed by atoms with E-state index in [0.717, 1.165) is 16.9 Å². The Bertz CT molecular complexity index is 1050. The molecular weight excluding hydrogens is 436 g/mol. The number of aromatic nitrogens is 1. The fourth-order valence-electron chi connectivity index (χ4n) is 5.08. The zero-order valence-electron chi connectivity index (χ0n) is 17.7. The molecule has 0 radical (unpaired) electrons. The van der Waals surface area contributed by atoms with E-state index in [4.69, 9.17) is 11.6 Å². The van der Waals surface area contributed by atoms with Crippen LogP contribution in [0, 0.1) is 11.3 Å². The molecule has 7 nitrogen and oxygen atoms in total. The maximum atomic E-state index is 13.2. The Balaban J connectivity index is 1.44. The van der Waals surface area contributed by atoms with E-state index < -0.39 is 17.5 Å². The van der Waals surface area contributed by atoms with Crippen molar-refractivity contribution in [3.05, 3.63) is 34.7 Å². The van der Waals surface area contributed by atoms with Crippen molar-refractivity contribution in [1.82, 2.24) is 15.2 Å². The molecular formula is C22H25ClN4O3S. The third-order valence-electron chi connectivity index (χ3n) is 5.83. The topological polar surface area (TPSA) is 91.4 Å². The standard InChI is InChI=1S/C22H25ClN4O3S/c1-13-8-21(2,3)12-22(9-13)18(29)27(20(30)26-22)10-17(28)25-19-24-16(11-31-19)14-6-4-5-7-15(14)23/h4-7,11,13H,8-10,12H2,1-3H3,(H,26,30)(H,24,25,28). The van der Waals surface area contributed by atoms with Crippen LogP contribution in [0.2, 0.25) is 5.02 Å². The summed E-state index contributed by atoms with van der Waals surface area (Å²) in [6.07, 6.45) is 2.16. The van der Waals surface area contributed by atoms with Crippen LogP contribution < -0.4 is 10.6 Å². The van der Waals surface area contributed by atoms with E-state index in [1.54, 1.807) is 11.4 Å². The van der Waals surface area contributed by atoms with Gasteiger partial charge in [-0.25, -0.2) is 9.78 Å². The first-order valence-corrected chi connectivity index (χ1v) is 11.5. The number of nitrogens with one attached hydrogen (secondary N) is 2. The van der Waals surface area contributed by atoms with Crippen molar-refractivity contribution in [3.8, 4) is 11.3 Å². The van der Waals surface area contributed by atoms with E-state index in [1.165, 1.54) is 11.3 Å². The van der Waals surface area contributed by atoms with Gasteiger partial charge in [0.15, 0.2) is 5.13 Å². The minimum atomic E-state index is -0.920. The number of nitrogens with zero attached hydrogens (tertiary/aromatic N) is 2. The first kappa shape index (κ1) is 21.8. The van der Waals surface area contributed by atoms with E-state index in [0.29, 0.717) is 34.6 Å². The van der Waals surface area contributed by atoms with Crippen molar-refractivity contribution in [1.29, 1.82) is 0 Å². The highest BCUT2D eigenvalue weighted by molar-refractivity contribution is 7.14. The number of benzene rings is 1. The third kappa shape index (κ3) is 4.32. The molecule has 1 saturated heterocycles. The van der Waals surface area contributed by atoms with E-state index in [2.05, 4.69) is 36.4 Å². The zero-order chi connectivity index (χ0) is 22.4. The maximum Gasteiger partial charge on any atom is 0.325 e. The lowest BCUT2D eigenvalue weighted by molar-refractivity contribution is -0.136. The van der Waals surface area contributed by atoms with Crippen LogP contribution in [0.4, 0.5) is 9.93 Å². The van der Waals surface area contributed by atoms with Crippen molar-refractivity contribution < 1.29 is 14.4 Å². The second-order valence-electron chi connectivity index (χ2n) is 9.32. The van der Waals surface area contributed by atoms with E-state index in [9.17, 15) is 14.4 Å². The Morgan fingerprint density at radius 3 is 2.77 bits per heavy atom. The summed E-state index contributed by atoms with van der Waals surface area (Å²) in [4.78, 5) is 43.8. The van der Waals surface area contributed by atoms with Crippen LogP contribution >= 0.6 is 22.9 Å². The summed E-state index contributed by atoms with van der Waals surface area (Å²) in [5.74, 6) is -0.479. The van der Waals surface area contributed by atoms with Crippen LogP contribution in [0.5, 0.6) is 0 Å². The molecule has 1 aromatic carbocycles. The van der Waals surface area contributed by atoms with Gasteiger partial charge in [-0.05, 0) is 36.7 Å². The van der Waals surface area contributed by atoms with Crippen molar-refractivity contribution in [2.45, 2.75) is 45.6 Å². The van der Waals surface area contributed by atoms with Gasteiger partial charge in [0.25, 0.3) is 5.91 Å². The Labute approximate surface area is 190 Å². The first-order chi connectivity index (χ1) is 14.6. The predicted molar refractivity (Wildman–Crippen MR) is 121 cm³/mol. The van der Waals surface area contributed by atoms with Crippen LogP contribution in [-0.4, -0.2) is 39.8 Å². The highest BCUT2D eigenvalue weighted by Gasteiger charge is 2.56. The number of carbonyl (C=O) groups excluding carboxylic acids is 3. The summed E-state index contributed by atoms with van der Waals surface area (Å²) in [5.41, 5.74) is 0.440.